The maximum atomic E-state index is 13.5. The second-order valence-corrected chi connectivity index (χ2v) is 8.51. The molecule has 2 aromatic carbocycles. The molecule has 2 aliphatic heterocycles. The Hall–Kier alpha value is -3.59. The van der Waals surface area contributed by atoms with Gasteiger partial charge in [-0.1, -0.05) is 6.07 Å². The zero-order valence-corrected chi connectivity index (χ0v) is 19.4. The lowest BCUT2D eigenvalue weighted by molar-refractivity contribution is -0.125. The van der Waals surface area contributed by atoms with Crippen molar-refractivity contribution in [2.24, 2.45) is 5.73 Å². The van der Waals surface area contributed by atoms with E-state index in [1.54, 1.807) is 37.3 Å². The number of ether oxygens (including phenoxy) is 2. The van der Waals surface area contributed by atoms with Crippen LogP contribution in [0.3, 0.4) is 0 Å². The third kappa shape index (κ3) is 4.70. The number of benzene rings is 2. The molecule has 34 heavy (non-hydrogen) atoms. The molecule has 2 heterocycles. The van der Waals surface area contributed by atoms with Crippen LogP contribution in [0.15, 0.2) is 36.4 Å². The molecular weight excluding hydrogens is 436 g/mol. The van der Waals surface area contributed by atoms with Gasteiger partial charge in [-0.3, -0.25) is 14.4 Å². The molecule has 2 atom stereocenters. The van der Waals surface area contributed by atoms with Crippen LogP contribution in [0.25, 0.3) is 11.1 Å². The molecule has 2 unspecified atom stereocenters. The van der Waals surface area contributed by atoms with E-state index >= 15 is 0 Å². The lowest BCUT2D eigenvalue weighted by Crippen LogP contribution is -2.55. The molecule has 1 saturated heterocycles. The van der Waals surface area contributed by atoms with E-state index in [0.29, 0.717) is 61.5 Å². The van der Waals surface area contributed by atoms with Gasteiger partial charge in [-0.2, -0.15) is 0 Å². The van der Waals surface area contributed by atoms with Crippen molar-refractivity contribution >= 4 is 23.4 Å². The SMILES string of the molecule is COc1ccc(-c2ccc3c(c2)C(=O)N2CCC(NC(=O)CCCN)CC2C(=O)N3)c(OC)c1. The Balaban J connectivity index is 1.58. The van der Waals surface area contributed by atoms with Crippen LogP contribution >= 0.6 is 0 Å². The van der Waals surface area contributed by atoms with Gasteiger partial charge >= 0.3 is 0 Å². The van der Waals surface area contributed by atoms with Gasteiger partial charge in [-0.25, -0.2) is 0 Å². The summed E-state index contributed by atoms with van der Waals surface area (Å²) in [6.45, 7) is 0.836. The second kappa shape index (κ2) is 10.1. The predicted molar refractivity (Wildman–Crippen MR) is 128 cm³/mol. The number of carbonyl (C=O) groups is 3. The molecule has 0 aliphatic carbocycles. The molecule has 180 valence electrons. The molecule has 0 radical (unpaired) electrons. The van der Waals surface area contributed by atoms with Gasteiger partial charge in [0, 0.05) is 30.6 Å². The summed E-state index contributed by atoms with van der Waals surface area (Å²) in [4.78, 5) is 40.3. The number of piperidine rings is 1. The second-order valence-electron chi connectivity index (χ2n) is 8.51. The number of carbonyl (C=O) groups excluding carboxylic acids is 3. The zero-order chi connectivity index (χ0) is 24.2. The molecule has 9 heteroatoms. The van der Waals surface area contributed by atoms with Crippen molar-refractivity contribution in [2.75, 3.05) is 32.6 Å². The third-order valence-electron chi connectivity index (χ3n) is 6.37. The number of nitrogens with zero attached hydrogens (tertiary/aromatic N) is 1. The molecule has 0 bridgehead atoms. The molecule has 0 saturated carbocycles. The van der Waals surface area contributed by atoms with Gasteiger partial charge in [0.2, 0.25) is 11.8 Å². The fourth-order valence-electron chi connectivity index (χ4n) is 4.56. The first-order chi connectivity index (χ1) is 16.4. The van der Waals surface area contributed by atoms with Crippen molar-refractivity contribution in [3.63, 3.8) is 0 Å². The first-order valence-electron chi connectivity index (χ1n) is 11.4. The number of methoxy groups -OCH3 is 2. The van der Waals surface area contributed by atoms with E-state index in [4.69, 9.17) is 15.2 Å². The standard InChI is InChI=1S/C25H30N4O5/c1-33-17-6-7-18(22(14-17)34-2)15-5-8-20-19(12-15)25(32)29-11-9-16(13-21(29)24(31)28-20)27-23(30)4-3-10-26/h5-8,12,14,16,21H,3-4,9-11,13,26H2,1-2H3,(H,27,30)(H,28,31). The van der Waals surface area contributed by atoms with E-state index in [1.807, 2.05) is 18.2 Å². The van der Waals surface area contributed by atoms with Crippen LogP contribution in [0.2, 0.25) is 0 Å². The molecule has 0 spiro atoms. The van der Waals surface area contributed by atoms with Crippen molar-refractivity contribution in [2.45, 2.75) is 37.8 Å². The highest BCUT2D eigenvalue weighted by molar-refractivity contribution is 6.10. The van der Waals surface area contributed by atoms with Gasteiger partial charge in [0.1, 0.15) is 17.5 Å². The Bertz CT molecular complexity index is 1100. The lowest BCUT2D eigenvalue weighted by Gasteiger charge is -2.37. The summed E-state index contributed by atoms with van der Waals surface area (Å²) in [6.07, 6.45) is 1.93. The number of hydrogen-bond acceptors (Lipinski definition) is 6. The largest absolute Gasteiger partial charge is 0.497 e. The van der Waals surface area contributed by atoms with Crippen molar-refractivity contribution < 1.29 is 23.9 Å². The number of anilines is 1. The van der Waals surface area contributed by atoms with Crippen molar-refractivity contribution in [1.82, 2.24) is 10.2 Å². The van der Waals surface area contributed by atoms with Crippen LogP contribution in [0.5, 0.6) is 11.5 Å². The van der Waals surface area contributed by atoms with Gasteiger partial charge in [0.05, 0.1) is 25.5 Å². The average molecular weight is 467 g/mol. The quantitative estimate of drug-likeness (QED) is 0.575. The highest BCUT2D eigenvalue weighted by Gasteiger charge is 2.40. The van der Waals surface area contributed by atoms with E-state index in [0.717, 1.165) is 11.1 Å². The smallest absolute Gasteiger partial charge is 0.256 e. The number of nitrogens with two attached hydrogens (primary N) is 1. The highest BCUT2D eigenvalue weighted by Crippen LogP contribution is 2.36. The fraction of sp³-hybridized carbons (Fsp3) is 0.400. The number of rotatable bonds is 7. The summed E-state index contributed by atoms with van der Waals surface area (Å²) in [5.41, 5.74) is 7.98. The summed E-state index contributed by atoms with van der Waals surface area (Å²) in [5, 5.41) is 5.88. The Morgan fingerprint density at radius 2 is 1.97 bits per heavy atom. The highest BCUT2D eigenvalue weighted by atomic mass is 16.5. The van der Waals surface area contributed by atoms with Crippen LogP contribution in [0.4, 0.5) is 5.69 Å². The minimum Gasteiger partial charge on any atom is -0.497 e. The van der Waals surface area contributed by atoms with Gasteiger partial charge < -0.3 is 30.7 Å². The van der Waals surface area contributed by atoms with Gasteiger partial charge in [-0.15, -0.1) is 0 Å². The lowest BCUT2D eigenvalue weighted by atomic mass is 9.95. The Kier molecular flexibility index (Phi) is 7.02. The van der Waals surface area contributed by atoms with Gasteiger partial charge in [-0.05, 0) is 55.6 Å². The number of nitrogens with one attached hydrogen (secondary N) is 2. The normalized spacial score (nSPS) is 19.4. The monoisotopic (exact) mass is 466 g/mol. The first-order valence-corrected chi connectivity index (χ1v) is 11.4. The molecule has 4 N–H and O–H groups in total. The molecule has 3 amide bonds. The minimum atomic E-state index is -0.646. The van der Waals surface area contributed by atoms with Crippen LogP contribution in [0, 0.1) is 0 Å². The van der Waals surface area contributed by atoms with Crippen LogP contribution in [-0.4, -0.2) is 62.0 Å². The van der Waals surface area contributed by atoms with E-state index < -0.39 is 6.04 Å². The van der Waals surface area contributed by atoms with Crippen molar-refractivity contribution in [1.29, 1.82) is 0 Å². The Morgan fingerprint density at radius 3 is 2.71 bits per heavy atom. The molecule has 0 aromatic heterocycles. The molecule has 2 aliphatic rings. The average Bonchev–Trinajstić information content (AvgIpc) is 2.96. The summed E-state index contributed by atoms with van der Waals surface area (Å²) < 4.78 is 10.8. The van der Waals surface area contributed by atoms with Crippen LogP contribution in [-0.2, 0) is 9.59 Å². The van der Waals surface area contributed by atoms with E-state index in [2.05, 4.69) is 10.6 Å². The summed E-state index contributed by atoms with van der Waals surface area (Å²) >= 11 is 0. The summed E-state index contributed by atoms with van der Waals surface area (Å²) in [6, 6.07) is 10.1. The summed E-state index contributed by atoms with van der Waals surface area (Å²) in [5.74, 6) is 0.752. The Labute approximate surface area is 198 Å². The third-order valence-corrected chi connectivity index (χ3v) is 6.37. The predicted octanol–water partition coefficient (Wildman–Crippen LogP) is 2.15. The molecule has 4 rings (SSSR count). The number of amides is 3. The molecule has 2 aromatic rings. The van der Waals surface area contributed by atoms with Crippen LogP contribution in [0.1, 0.15) is 36.0 Å². The van der Waals surface area contributed by atoms with Crippen molar-refractivity contribution in [3.05, 3.63) is 42.0 Å². The summed E-state index contributed by atoms with van der Waals surface area (Å²) in [7, 11) is 3.17. The van der Waals surface area contributed by atoms with Crippen LogP contribution < -0.4 is 25.8 Å². The first kappa shape index (κ1) is 23.6. The van der Waals surface area contributed by atoms with Gasteiger partial charge in [0.25, 0.3) is 5.91 Å². The molecular formula is C25H30N4O5. The van der Waals surface area contributed by atoms with Crippen molar-refractivity contribution in [3.8, 4) is 22.6 Å². The fourth-order valence-corrected chi connectivity index (χ4v) is 4.56. The number of hydrogen-bond donors (Lipinski definition) is 3. The topological polar surface area (TPSA) is 123 Å². The molecule has 9 nitrogen and oxygen atoms in total. The number of fused-ring (bicyclic) bond motifs is 2. The molecule has 1 fully saturated rings. The Morgan fingerprint density at radius 1 is 1.15 bits per heavy atom. The van der Waals surface area contributed by atoms with E-state index in [9.17, 15) is 14.4 Å². The van der Waals surface area contributed by atoms with E-state index in [-0.39, 0.29) is 23.8 Å². The maximum absolute atomic E-state index is 13.5. The minimum absolute atomic E-state index is 0.0781. The van der Waals surface area contributed by atoms with Gasteiger partial charge in [0.15, 0.2) is 0 Å². The maximum Gasteiger partial charge on any atom is 0.256 e. The zero-order valence-electron chi connectivity index (χ0n) is 19.4. The van der Waals surface area contributed by atoms with E-state index in [1.165, 1.54) is 0 Å².